The predicted molar refractivity (Wildman–Crippen MR) is 100 cm³/mol. The normalized spacial score (nSPS) is 16.9. The highest BCUT2D eigenvalue weighted by atomic mass is 16.5. The fraction of sp³-hybridized carbons (Fsp3) is 0.421. The standard InChI is InChI=1S/C19H23N5O2/c1-3-24-18-16(22-13-7-9-25-12-13)10-15(23-17(18)11-21-24)14-6-5-8-20-19(14)26-4-2/h5-6,8,10-11,13H,3-4,7,9,12H2,1-2H3,(H,22,23). The van der Waals surface area contributed by atoms with Gasteiger partial charge in [0.05, 0.1) is 42.4 Å². The molecule has 1 atom stereocenters. The molecule has 136 valence electrons. The van der Waals surface area contributed by atoms with Crippen LogP contribution in [0.4, 0.5) is 5.69 Å². The van der Waals surface area contributed by atoms with Crippen LogP contribution >= 0.6 is 0 Å². The second kappa shape index (κ2) is 7.29. The highest BCUT2D eigenvalue weighted by molar-refractivity contribution is 5.91. The second-order valence-electron chi connectivity index (χ2n) is 6.24. The van der Waals surface area contributed by atoms with E-state index in [9.17, 15) is 0 Å². The van der Waals surface area contributed by atoms with E-state index < -0.39 is 0 Å². The molecule has 7 nitrogen and oxygen atoms in total. The van der Waals surface area contributed by atoms with Crippen molar-refractivity contribution in [2.24, 2.45) is 0 Å². The molecule has 1 unspecified atom stereocenters. The first-order chi connectivity index (χ1) is 12.8. The summed E-state index contributed by atoms with van der Waals surface area (Å²) in [5.41, 5.74) is 4.60. The van der Waals surface area contributed by atoms with Crippen LogP contribution in [0.25, 0.3) is 22.3 Å². The number of hydrogen-bond donors (Lipinski definition) is 1. The van der Waals surface area contributed by atoms with Gasteiger partial charge in [-0.05, 0) is 38.5 Å². The molecule has 7 heteroatoms. The molecule has 3 aromatic heterocycles. The van der Waals surface area contributed by atoms with E-state index in [1.165, 1.54) is 0 Å². The van der Waals surface area contributed by atoms with Crippen molar-refractivity contribution in [3.05, 3.63) is 30.6 Å². The van der Waals surface area contributed by atoms with Crippen LogP contribution in [-0.4, -0.2) is 45.6 Å². The maximum atomic E-state index is 5.69. The zero-order valence-electron chi connectivity index (χ0n) is 15.1. The van der Waals surface area contributed by atoms with E-state index in [-0.39, 0.29) is 0 Å². The minimum atomic E-state index is 0.300. The van der Waals surface area contributed by atoms with Gasteiger partial charge in [0.2, 0.25) is 5.88 Å². The quantitative estimate of drug-likeness (QED) is 0.734. The average Bonchev–Trinajstić information content (AvgIpc) is 3.31. The first-order valence-electron chi connectivity index (χ1n) is 9.09. The highest BCUT2D eigenvalue weighted by Crippen LogP contribution is 2.33. The van der Waals surface area contributed by atoms with Crippen molar-refractivity contribution in [1.29, 1.82) is 0 Å². The van der Waals surface area contributed by atoms with Crippen molar-refractivity contribution >= 4 is 16.7 Å². The number of nitrogens with one attached hydrogen (secondary N) is 1. The Balaban J connectivity index is 1.83. The molecule has 1 saturated heterocycles. The van der Waals surface area contributed by atoms with Crippen LogP contribution in [0.5, 0.6) is 5.88 Å². The van der Waals surface area contributed by atoms with Gasteiger partial charge in [-0.3, -0.25) is 4.68 Å². The van der Waals surface area contributed by atoms with Crippen molar-refractivity contribution in [2.45, 2.75) is 32.9 Å². The summed E-state index contributed by atoms with van der Waals surface area (Å²) in [7, 11) is 0. The summed E-state index contributed by atoms with van der Waals surface area (Å²) in [4.78, 5) is 9.17. The molecule has 1 N–H and O–H groups in total. The van der Waals surface area contributed by atoms with Crippen LogP contribution in [0.2, 0.25) is 0 Å². The molecular formula is C19H23N5O2. The van der Waals surface area contributed by atoms with E-state index >= 15 is 0 Å². The second-order valence-corrected chi connectivity index (χ2v) is 6.24. The van der Waals surface area contributed by atoms with Gasteiger partial charge in [-0.2, -0.15) is 5.10 Å². The Morgan fingerprint density at radius 3 is 3.08 bits per heavy atom. The van der Waals surface area contributed by atoms with Gasteiger partial charge in [-0.25, -0.2) is 9.97 Å². The minimum absolute atomic E-state index is 0.300. The summed E-state index contributed by atoms with van der Waals surface area (Å²) < 4.78 is 13.2. The van der Waals surface area contributed by atoms with Crippen LogP contribution in [0.1, 0.15) is 20.3 Å². The molecule has 4 rings (SSSR count). The van der Waals surface area contributed by atoms with Gasteiger partial charge in [0.15, 0.2) is 0 Å². The smallest absolute Gasteiger partial charge is 0.222 e. The van der Waals surface area contributed by atoms with Crippen molar-refractivity contribution < 1.29 is 9.47 Å². The summed E-state index contributed by atoms with van der Waals surface area (Å²) >= 11 is 0. The van der Waals surface area contributed by atoms with E-state index in [0.29, 0.717) is 18.5 Å². The van der Waals surface area contributed by atoms with Gasteiger partial charge < -0.3 is 14.8 Å². The number of rotatable bonds is 6. The first kappa shape index (κ1) is 16.8. The molecule has 0 saturated carbocycles. The van der Waals surface area contributed by atoms with E-state index in [0.717, 1.165) is 54.2 Å². The Labute approximate surface area is 152 Å². The first-order valence-corrected chi connectivity index (χ1v) is 9.09. The van der Waals surface area contributed by atoms with Gasteiger partial charge in [0.1, 0.15) is 11.0 Å². The van der Waals surface area contributed by atoms with Crippen molar-refractivity contribution in [1.82, 2.24) is 19.7 Å². The number of pyridine rings is 2. The molecule has 0 bridgehead atoms. The van der Waals surface area contributed by atoms with E-state index in [1.54, 1.807) is 6.20 Å². The molecule has 0 amide bonds. The Morgan fingerprint density at radius 1 is 1.38 bits per heavy atom. The zero-order chi connectivity index (χ0) is 17.9. The molecule has 0 radical (unpaired) electrons. The third-order valence-corrected chi connectivity index (χ3v) is 4.51. The maximum Gasteiger partial charge on any atom is 0.222 e. The Hall–Kier alpha value is -2.67. The lowest BCUT2D eigenvalue weighted by atomic mass is 10.1. The number of fused-ring (bicyclic) bond motifs is 1. The molecule has 1 fully saturated rings. The molecule has 3 aromatic rings. The van der Waals surface area contributed by atoms with Gasteiger partial charge in [-0.1, -0.05) is 0 Å². The van der Waals surface area contributed by atoms with Crippen LogP contribution in [0, 0.1) is 0 Å². The predicted octanol–water partition coefficient (Wildman–Crippen LogP) is 3.11. The fourth-order valence-corrected chi connectivity index (χ4v) is 3.29. The van der Waals surface area contributed by atoms with Gasteiger partial charge in [0.25, 0.3) is 0 Å². The Bertz CT molecular complexity index is 902. The molecule has 26 heavy (non-hydrogen) atoms. The number of anilines is 1. The molecule has 4 heterocycles. The highest BCUT2D eigenvalue weighted by Gasteiger charge is 2.20. The van der Waals surface area contributed by atoms with Crippen molar-refractivity contribution in [3.63, 3.8) is 0 Å². The van der Waals surface area contributed by atoms with Crippen LogP contribution in [0.15, 0.2) is 30.6 Å². The van der Waals surface area contributed by atoms with E-state index in [2.05, 4.69) is 28.4 Å². The summed E-state index contributed by atoms with van der Waals surface area (Å²) in [6, 6.07) is 6.25. The molecule has 0 aromatic carbocycles. The number of nitrogens with zero attached hydrogens (tertiary/aromatic N) is 4. The van der Waals surface area contributed by atoms with Gasteiger partial charge in [-0.15, -0.1) is 0 Å². The lowest BCUT2D eigenvalue weighted by Gasteiger charge is -2.16. The Morgan fingerprint density at radius 2 is 2.31 bits per heavy atom. The summed E-state index contributed by atoms with van der Waals surface area (Å²) in [5.74, 6) is 0.597. The molecule has 0 aliphatic carbocycles. The molecule has 0 spiro atoms. The SMILES string of the molecule is CCOc1ncccc1-c1cc(NC2CCOC2)c2c(cnn2CC)n1. The maximum absolute atomic E-state index is 5.69. The van der Waals surface area contributed by atoms with Crippen molar-refractivity contribution in [2.75, 3.05) is 25.1 Å². The van der Waals surface area contributed by atoms with Gasteiger partial charge in [0, 0.05) is 19.3 Å². The molecular weight excluding hydrogens is 330 g/mol. The zero-order valence-corrected chi connectivity index (χ0v) is 15.1. The van der Waals surface area contributed by atoms with Crippen LogP contribution in [0.3, 0.4) is 0 Å². The van der Waals surface area contributed by atoms with Gasteiger partial charge >= 0.3 is 0 Å². The topological polar surface area (TPSA) is 74.1 Å². The number of aromatic nitrogens is 4. The van der Waals surface area contributed by atoms with Crippen LogP contribution < -0.4 is 10.1 Å². The van der Waals surface area contributed by atoms with Crippen molar-refractivity contribution in [3.8, 4) is 17.1 Å². The molecule has 1 aliphatic rings. The lowest BCUT2D eigenvalue weighted by molar-refractivity contribution is 0.195. The third kappa shape index (κ3) is 3.10. The fourth-order valence-electron chi connectivity index (χ4n) is 3.29. The van der Waals surface area contributed by atoms with E-state index in [1.807, 2.05) is 29.9 Å². The Kier molecular flexibility index (Phi) is 4.71. The largest absolute Gasteiger partial charge is 0.477 e. The van der Waals surface area contributed by atoms with E-state index in [4.69, 9.17) is 14.5 Å². The molecule has 1 aliphatic heterocycles. The number of aryl methyl sites for hydroxylation is 1. The number of ether oxygens (including phenoxy) is 2. The third-order valence-electron chi connectivity index (χ3n) is 4.51. The summed E-state index contributed by atoms with van der Waals surface area (Å²) in [6.07, 6.45) is 4.54. The number of hydrogen-bond acceptors (Lipinski definition) is 6. The summed E-state index contributed by atoms with van der Waals surface area (Å²) in [6.45, 7) is 6.89. The lowest BCUT2D eigenvalue weighted by Crippen LogP contribution is -2.19. The van der Waals surface area contributed by atoms with Crippen LogP contribution in [-0.2, 0) is 11.3 Å². The monoisotopic (exact) mass is 353 g/mol. The minimum Gasteiger partial charge on any atom is -0.477 e. The summed E-state index contributed by atoms with van der Waals surface area (Å²) in [5, 5.41) is 8.10. The average molecular weight is 353 g/mol.